The van der Waals surface area contributed by atoms with Crippen LogP contribution in [0.2, 0.25) is 0 Å². The van der Waals surface area contributed by atoms with Gasteiger partial charge in [-0.25, -0.2) is 14.4 Å². The molecule has 3 rings (SSSR count). The molecule has 0 saturated heterocycles. The standard InChI is InChI=1S/C21H21FN4O2/c1-4-19(27)26-13(2)11-23-21-17-9-15(14-5-7-16(22)8-6-14)10-18(28-3)20(17)24-12-25-21/h5-10,12H,2,4,11H2,1,3H3,(H,26,27)(H,23,24,25). The predicted molar refractivity (Wildman–Crippen MR) is 108 cm³/mol. The average molecular weight is 380 g/mol. The van der Waals surface area contributed by atoms with Crippen molar-refractivity contribution in [3.05, 3.63) is 60.8 Å². The Morgan fingerprint density at radius 2 is 1.93 bits per heavy atom. The fourth-order valence-electron chi connectivity index (χ4n) is 2.76. The van der Waals surface area contributed by atoms with Crippen molar-refractivity contribution in [2.45, 2.75) is 13.3 Å². The van der Waals surface area contributed by atoms with Crippen LogP contribution in [-0.2, 0) is 4.79 Å². The second kappa shape index (κ2) is 8.47. The van der Waals surface area contributed by atoms with Gasteiger partial charge in [0.15, 0.2) is 0 Å². The van der Waals surface area contributed by atoms with Crippen molar-refractivity contribution in [1.82, 2.24) is 15.3 Å². The van der Waals surface area contributed by atoms with E-state index in [-0.39, 0.29) is 11.7 Å². The lowest BCUT2D eigenvalue weighted by Gasteiger charge is -2.14. The second-order valence-electron chi connectivity index (χ2n) is 6.16. The quantitative estimate of drug-likeness (QED) is 0.650. The van der Waals surface area contributed by atoms with Crippen molar-refractivity contribution in [3.63, 3.8) is 0 Å². The smallest absolute Gasteiger partial charge is 0.223 e. The van der Waals surface area contributed by atoms with Gasteiger partial charge < -0.3 is 15.4 Å². The molecule has 0 spiro atoms. The number of carbonyl (C=O) groups excluding carboxylic acids is 1. The number of nitrogens with zero attached hydrogens (tertiary/aromatic N) is 2. The lowest BCUT2D eigenvalue weighted by Crippen LogP contribution is -2.25. The zero-order valence-electron chi connectivity index (χ0n) is 15.8. The number of fused-ring (bicyclic) bond motifs is 1. The van der Waals surface area contributed by atoms with Gasteiger partial charge in [-0.3, -0.25) is 4.79 Å². The van der Waals surface area contributed by atoms with Crippen LogP contribution in [0.5, 0.6) is 5.75 Å². The number of nitrogens with one attached hydrogen (secondary N) is 2. The zero-order valence-corrected chi connectivity index (χ0v) is 15.8. The molecular formula is C21H21FN4O2. The van der Waals surface area contributed by atoms with Crippen LogP contribution in [0, 0.1) is 5.82 Å². The van der Waals surface area contributed by atoms with Crippen molar-refractivity contribution in [3.8, 4) is 16.9 Å². The normalized spacial score (nSPS) is 10.5. The first kappa shape index (κ1) is 19.3. The van der Waals surface area contributed by atoms with E-state index in [0.29, 0.717) is 35.7 Å². The molecule has 144 valence electrons. The summed E-state index contributed by atoms with van der Waals surface area (Å²) in [6.07, 6.45) is 1.83. The molecular weight excluding hydrogens is 359 g/mol. The minimum atomic E-state index is -0.296. The Balaban J connectivity index is 1.97. The third-order valence-electron chi connectivity index (χ3n) is 4.21. The number of anilines is 1. The number of ether oxygens (including phenoxy) is 1. The highest BCUT2D eigenvalue weighted by molar-refractivity contribution is 5.96. The van der Waals surface area contributed by atoms with Gasteiger partial charge in [-0.2, -0.15) is 0 Å². The summed E-state index contributed by atoms with van der Waals surface area (Å²) in [6.45, 7) is 5.94. The molecule has 0 aliphatic heterocycles. The van der Waals surface area contributed by atoms with Gasteiger partial charge >= 0.3 is 0 Å². The molecule has 0 bridgehead atoms. The molecule has 1 amide bonds. The van der Waals surface area contributed by atoms with E-state index in [0.717, 1.165) is 16.5 Å². The number of hydrogen-bond donors (Lipinski definition) is 2. The molecule has 2 N–H and O–H groups in total. The minimum absolute atomic E-state index is 0.0976. The van der Waals surface area contributed by atoms with Gasteiger partial charge in [-0.1, -0.05) is 25.6 Å². The number of hydrogen-bond acceptors (Lipinski definition) is 5. The number of aromatic nitrogens is 2. The van der Waals surface area contributed by atoms with Gasteiger partial charge in [-0.15, -0.1) is 0 Å². The molecule has 0 saturated carbocycles. The molecule has 0 aliphatic rings. The molecule has 1 heterocycles. The molecule has 2 aromatic carbocycles. The Bertz CT molecular complexity index is 1020. The number of carbonyl (C=O) groups is 1. The first-order chi connectivity index (χ1) is 13.5. The van der Waals surface area contributed by atoms with Crippen molar-refractivity contribution >= 4 is 22.6 Å². The summed E-state index contributed by atoms with van der Waals surface area (Å²) >= 11 is 0. The van der Waals surface area contributed by atoms with E-state index >= 15 is 0 Å². The highest BCUT2D eigenvalue weighted by Crippen LogP contribution is 2.34. The molecule has 0 unspecified atom stereocenters. The maximum atomic E-state index is 13.3. The molecule has 0 fully saturated rings. The van der Waals surface area contributed by atoms with Crippen LogP contribution in [-0.4, -0.2) is 29.5 Å². The number of amides is 1. The van der Waals surface area contributed by atoms with Gasteiger partial charge in [0, 0.05) is 17.5 Å². The van der Waals surface area contributed by atoms with Crippen LogP contribution in [0.15, 0.2) is 55.0 Å². The van der Waals surface area contributed by atoms with Crippen molar-refractivity contribution in [2.24, 2.45) is 0 Å². The maximum absolute atomic E-state index is 13.3. The van der Waals surface area contributed by atoms with Crippen molar-refractivity contribution in [1.29, 1.82) is 0 Å². The summed E-state index contributed by atoms with van der Waals surface area (Å²) in [6, 6.07) is 10.00. The van der Waals surface area contributed by atoms with E-state index < -0.39 is 0 Å². The minimum Gasteiger partial charge on any atom is -0.494 e. The van der Waals surface area contributed by atoms with E-state index in [1.165, 1.54) is 18.5 Å². The monoisotopic (exact) mass is 380 g/mol. The third-order valence-corrected chi connectivity index (χ3v) is 4.21. The maximum Gasteiger partial charge on any atom is 0.223 e. The zero-order chi connectivity index (χ0) is 20.1. The molecule has 6 nitrogen and oxygen atoms in total. The summed E-state index contributed by atoms with van der Waals surface area (Å²) in [5.74, 6) is 0.772. The summed E-state index contributed by atoms with van der Waals surface area (Å²) in [7, 11) is 1.57. The third kappa shape index (κ3) is 4.25. The highest BCUT2D eigenvalue weighted by atomic mass is 19.1. The van der Waals surface area contributed by atoms with Crippen LogP contribution in [0.1, 0.15) is 13.3 Å². The average Bonchev–Trinajstić information content (AvgIpc) is 2.71. The first-order valence-corrected chi connectivity index (χ1v) is 8.82. The Morgan fingerprint density at radius 1 is 1.18 bits per heavy atom. The molecule has 0 radical (unpaired) electrons. The van der Waals surface area contributed by atoms with Gasteiger partial charge in [0.2, 0.25) is 5.91 Å². The van der Waals surface area contributed by atoms with E-state index in [1.54, 1.807) is 26.2 Å². The Morgan fingerprint density at radius 3 is 2.61 bits per heavy atom. The molecule has 28 heavy (non-hydrogen) atoms. The molecule has 0 aliphatic carbocycles. The summed E-state index contributed by atoms with van der Waals surface area (Å²) in [5.41, 5.74) is 2.88. The van der Waals surface area contributed by atoms with Crippen LogP contribution >= 0.6 is 0 Å². The van der Waals surface area contributed by atoms with Crippen LogP contribution in [0.3, 0.4) is 0 Å². The summed E-state index contributed by atoms with van der Waals surface area (Å²) in [5, 5.41) is 6.63. The number of benzene rings is 2. The predicted octanol–water partition coefficient (Wildman–Crippen LogP) is 3.90. The fourth-order valence-corrected chi connectivity index (χ4v) is 2.76. The lowest BCUT2D eigenvalue weighted by atomic mass is 10.0. The van der Waals surface area contributed by atoms with Crippen molar-refractivity contribution < 1.29 is 13.9 Å². The van der Waals surface area contributed by atoms with E-state index in [9.17, 15) is 9.18 Å². The number of rotatable bonds is 7. The van der Waals surface area contributed by atoms with Crippen LogP contribution < -0.4 is 15.4 Å². The topological polar surface area (TPSA) is 76.1 Å². The molecule has 0 atom stereocenters. The van der Waals surface area contributed by atoms with Crippen molar-refractivity contribution in [2.75, 3.05) is 19.0 Å². The van der Waals surface area contributed by atoms with E-state index in [1.807, 2.05) is 12.1 Å². The Hall–Kier alpha value is -3.48. The Labute approximate surface area is 162 Å². The molecule has 3 aromatic rings. The SMILES string of the molecule is C=C(CNc1ncnc2c(OC)cc(-c3ccc(F)cc3)cc12)NC(=O)CC. The molecule has 7 heteroatoms. The van der Waals surface area contributed by atoms with E-state index in [2.05, 4.69) is 27.2 Å². The van der Waals surface area contributed by atoms with Gasteiger partial charge in [0.05, 0.1) is 13.7 Å². The second-order valence-corrected chi connectivity index (χ2v) is 6.16. The van der Waals surface area contributed by atoms with Crippen LogP contribution in [0.4, 0.5) is 10.2 Å². The van der Waals surface area contributed by atoms with Gasteiger partial charge in [0.1, 0.15) is 29.2 Å². The van der Waals surface area contributed by atoms with Gasteiger partial charge in [0.25, 0.3) is 0 Å². The highest BCUT2D eigenvalue weighted by Gasteiger charge is 2.12. The van der Waals surface area contributed by atoms with E-state index in [4.69, 9.17) is 4.74 Å². The van der Waals surface area contributed by atoms with Gasteiger partial charge in [-0.05, 0) is 35.4 Å². The lowest BCUT2D eigenvalue weighted by molar-refractivity contribution is -0.120. The number of halogens is 1. The van der Waals surface area contributed by atoms with Crippen LogP contribution in [0.25, 0.3) is 22.0 Å². The number of methoxy groups -OCH3 is 1. The first-order valence-electron chi connectivity index (χ1n) is 8.82. The summed E-state index contributed by atoms with van der Waals surface area (Å²) < 4.78 is 18.8. The fraction of sp³-hybridized carbons (Fsp3) is 0.190. The Kier molecular flexibility index (Phi) is 5.84. The summed E-state index contributed by atoms with van der Waals surface area (Å²) in [4.78, 5) is 20.1. The largest absolute Gasteiger partial charge is 0.494 e. The molecule has 1 aromatic heterocycles.